The van der Waals surface area contributed by atoms with Crippen molar-refractivity contribution in [1.29, 1.82) is 0 Å². The number of imidazole rings is 1. The van der Waals surface area contributed by atoms with Gasteiger partial charge < -0.3 is 14.6 Å². The lowest BCUT2D eigenvalue weighted by atomic mass is 10.2. The van der Waals surface area contributed by atoms with Gasteiger partial charge in [0, 0.05) is 32.6 Å². The largest absolute Gasteiger partial charge is 0.384 e. The molecule has 1 aromatic rings. The van der Waals surface area contributed by atoms with Gasteiger partial charge in [-0.25, -0.2) is 4.98 Å². The van der Waals surface area contributed by atoms with Crippen LogP contribution in [0.25, 0.3) is 0 Å². The molecular weight excluding hydrogens is 202 g/mol. The summed E-state index contributed by atoms with van der Waals surface area (Å²) in [5.74, 6) is 2.08. The first-order valence-corrected chi connectivity index (χ1v) is 5.87. The maximum Gasteiger partial charge on any atom is 0.202 e. The number of ether oxygens (including phenoxy) is 1. The summed E-state index contributed by atoms with van der Waals surface area (Å²) in [6.07, 6.45) is 3.86. The highest BCUT2D eigenvalue weighted by atomic mass is 16.5. The topological polar surface area (TPSA) is 39.1 Å². The van der Waals surface area contributed by atoms with Gasteiger partial charge in [-0.15, -0.1) is 0 Å². The molecule has 92 valence electrons. The monoisotopic (exact) mass is 225 g/mol. The van der Waals surface area contributed by atoms with Gasteiger partial charge in [0.2, 0.25) is 5.95 Å². The van der Waals surface area contributed by atoms with E-state index in [1.165, 1.54) is 0 Å². The van der Waals surface area contributed by atoms with E-state index in [0.717, 1.165) is 25.6 Å². The highest BCUT2D eigenvalue weighted by Gasteiger charge is 2.06. The molecule has 0 aliphatic heterocycles. The second-order valence-electron chi connectivity index (χ2n) is 4.74. The van der Waals surface area contributed by atoms with E-state index >= 15 is 0 Å². The smallest absolute Gasteiger partial charge is 0.202 e. The minimum atomic E-state index is 0.495. The van der Waals surface area contributed by atoms with Crippen LogP contribution in [0.5, 0.6) is 0 Å². The van der Waals surface area contributed by atoms with E-state index < -0.39 is 0 Å². The Morgan fingerprint density at radius 3 is 2.81 bits per heavy atom. The molecule has 4 heteroatoms. The average molecular weight is 225 g/mol. The summed E-state index contributed by atoms with van der Waals surface area (Å²) in [6.45, 7) is 9.24. The van der Waals surface area contributed by atoms with E-state index in [4.69, 9.17) is 4.74 Å². The lowest BCUT2D eigenvalue weighted by molar-refractivity contribution is 0.164. The van der Waals surface area contributed by atoms with Crippen LogP contribution in [-0.2, 0) is 11.3 Å². The van der Waals surface area contributed by atoms with Crippen molar-refractivity contribution in [3.63, 3.8) is 0 Å². The predicted molar refractivity (Wildman–Crippen MR) is 66.6 cm³/mol. The average Bonchev–Trinajstić information content (AvgIpc) is 2.62. The Morgan fingerprint density at radius 1 is 1.44 bits per heavy atom. The summed E-state index contributed by atoms with van der Waals surface area (Å²) < 4.78 is 7.26. The Morgan fingerprint density at radius 2 is 2.19 bits per heavy atom. The van der Waals surface area contributed by atoms with Crippen LogP contribution in [0.2, 0.25) is 0 Å². The van der Waals surface area contributed by atoms with Crippen LogP contribution in [0, 0.1) is 11.8 Å². The van der Waals surface area contributed by atoms with E-state index in [9.17, 15) is 0 Å². The van der Waals surface area contributed by atoms with Gasteiger partial charge >= 0.3 is 0 Å². The number of rotatable bonds is 7. The van der Waals surface area contributed by atoms with Crippen LogP contribution in [0.4, 0.5) is 5.95 Å². The maximum absolute atomic E-state index is 5.10. The fourth-order valence-corrected chi connectivity index (χ4v) is 1.63. The van der Waals surface area contributed by atoms with E-state index in [1.54, 1.807) is 7.11 Å². The molecule has 0 radical (unpaired) electrons. The molecule has 0 aromatic carbocycles. The minimum Gasteiger partial charge on any atom is -0.384 e. The summed E-state index contributed by atoms with van der Waals surface area (Å²) in [5.41, 5.74) is 0. The molecule has 16 heavy (non-hydrogen) atoms. The van der Waals surface area contributed by atoms with Gasteiger partial charge in [0.25, 0.3) is 0 Å². The first-order chi connectivity index (χ1) is 7.63. The highest BCUT2D eigenvalue weighted by Crippen LogP contribution is 2.09. The van der Waals surface area contributed by atoms with Gasteiger partial charge in [-0.1, -0.05) is 20.8 Å². The summed E-state index contributed by atoms with van der Waals surface area (Å²) in [7, 11) is 1.73. The molecule has 0 saturated heterocycles. The molecule has 1 N–H and O–H groups in total. The third kappa shape index (κ3) is 4.23. The third-order valence-electron chi connectivity index (χ3n) is 2.34. The zero-order valence-corrected chi connectivity index (χ0v) is 10.7. The van der Waals surface area contributed by atoms with E-state index in [-0.39, 0.29) is 0 Å². The SMILES string of the molecule is COCC(C)CNc1nccn1CC(C)C. The van der Waals surface area contributed by atoms with Gasteiger partial charge in [0.15, 0.2) is 0 Å². The summed E-state index contributed by atoms with van der Waals surface area (Å²) in [5, 5.41) is 3.36. The first-order valence-electron chi connectivity index (χ1n) is 5.87. The maximum atomic E-state index is 5.10. The van der Waals surface area contributed by atoms with Crippen molar-refractivity contribution in [2.45, 2.75) is 27.3 Å². The van der Waals surface area contributed by atoms with Crippen LogP contribution in [0.15, 0.2) is 12.4 Å². The lowest BCUT2D eigenvalue weighted by Crippen LogP contribution is -2.18. The molecule has 1 atom stereocenters. The fraction of sp³-hybridized carbons (Fsp3) is 0.750. The summed E-state index contributed by atoms with van der Waals surface area (Å²) in [4.78, 5) is 4.31. The van der Waals surface area contributed by atoms with Crippen molar-refractivity contribution < 1.29 is 4.74 Å². The Bertz CT molecular complexity index is 296. The standard InChI is InChI=1S/C12H23N3O/c1-10(2)8-15-6-5-13-12(15)14-7-11(3)9-16-4/h5-6,10-11H,7-9H2,1-4H3,(H,13,14). The Kier molecular flexibility index (Phi) is 5.32. The second kappa shape index (κ2) is 6.53. The Balaban J connectivity index is 2.44. The Hall–Kier alpha value is -1.03. The van der Waals surface area contributed by atoms with Crippen molar-refractivity contribution in [2.75, 3.05) is 25.6 Å². The van der Waals surface area contributed by atoms with Crippen molar-refractivity contribution in [3.8, 4) is 0 Å². The molecule has 1 rings (SSSR count). The fourth-order valence-electron chi connectivity index (χ4n) is 1.63. The molecule has 0 bridgehead atoms. The van der Waals surface area contributed by atoms with Gasteiger partial charge in [-0.3, -0.25) is 0 Å². The number of anilines is 1. The molecule has 1 heterocycles. The van der Waals surface area contributed by atoms with Crippen LogP contribution in [0.1, 0.15) is 20.8 Å². The summed E-state index contributed by atoms with van der Waals surface area (Å²) in [6, 6.07) is 0. The van der Waals surface area contributed by atoms with Crippen molar-refractivity contribution in [1.82, 2.24) is 9.55 Å². The number of nitrogens with zero attached hydrogens (tertiary/aromatic N) is 2. The molecular formula is C12H23N3O. The van der Waals surface area contributed by atoms with Crippen molar-refractivity contribution in [3.05, 3.63) is 12.4 Å². The lowest BCUT2D eigenvalue weighted by Gasteiger charge is -2.14. The molecule has 0 aliphatic carbocycles. The number of nitrogens with one attached hydrogen (secondary N) is 1. The number of hydrogen-bond donors (Lipinski definition) is 1. The van der Waals surface area contributed by atoms with Crippen LogP contribution < -0.4 is 5.32 Å². The van der Waals surface area contributed by atoms with Crippen molar-refractivity contribution >= 4 is 5.95 Å². The van der Waals surface area contributed by atoms with Gasteiger partial charge in [-0.2, -0.15) is 0 Å². The first kappa shape index (κ1) is 13.0. The minimum absolute atomic E-state index is 0.495. The quantitative estimate of drug-likeness (QED) is 0.773. The third-order valence-corrected chi connectivity index (χ3v) is 2.34. The normalized spacial score (nSPS) is 13.1. The summed E-state index contributed by atoms with van der Waals surface area (Å²) >= 11 is 0. The predicted octanol–water partition coefficient (Wildman–Crippen LogP) is 2.23. The van der Waals surface area contributed by atoms with Crippen LogP contribution in [0.3, 0.4) is 0 Å². The molecule has 0 spiro atoms. The highest BCUT2D eigenvalue weighted by molar-refractivity contribution is 5.25. The molecule has 1 unspecified atom stereocenters. The van der Waals surface area contributed by atoms with Crippen LogP contribution in [-0.4, -0.2) is 29.8 Å². The molecule has 4 nitrogen and oxygen atoms in total. The van der Waals surface area contributed by atoms with Gasteiger partial charge in [0.05, 0.1) is 6.61 Å². The molecule has 1 aromatic heterocycles. The van der Waals surface area contributed by atoms with Crippen LogP contribution >= 0.6 is 0 Å². The zero-order valence-electron chi connectivity index (χ0n) is 10.7. The number of aromatic nitrogens is 2. The molecule has 0 amide bonds. The number of hydrogen-bond acceptors (Lipinski definition) is 3. The zero-order chi connectivity index (χ0) is 12.0. The molecule has 0 saturated carbocycles. The molecule has 0 fully saturated rings. The molecule has 0 aliphatic rings. The second-order valence-corrected chi connectivity index (χ2v) is 4.74. The number of methoxy groups -OCH3 is 1. The van der Waals surface area contributed by atoms with Gasteiger partial charge in [0.1, 0.15) is 0 Å². The van der Waals surface area contributed by atoms with E-state index in [1.807, 2.05) is 12.4 Å². The van der Waals surface area contributed by atoms with E-state index in [2.05, 4.69) is 35.6 Å². The van der Waals surface area contributed by atoms with E-state index in [0.29, 0.717) is 11.8 Å². The Labute approximate surface area is 98.0 Å². The van der Waals surface area contributed by atoms with Gasteiger partial charge in [-0.05, 0) is 11.8 Å². The van der Waals surface area contributed by atoms with Crippen molar-refractivity contribution in [2.24, 2.45) is 11.8 Å².